The van der Waals surface area contributed by atoms with Crippen LogP contribution in [-0.2, 0) is 33.3 Å². The minimum atomic E-state index is -3.79. The largest absolute Gasteiger partial charge is 0.459 e. The fourth-order valence-electron chi connectivity index (χ4n) is 4.21. The van der Waals surface area contributed by atoms with Gasteiger partial charge < -0.3 is 14.2 Å². The number of methoxy groups -OCH3 is 1. The molecule has 2 fully saturated rings. The molecule has 1 aliphatic carbocycles. The van der Waals surface area contributed by atoms with Crippen LogP contribution in [0.2, 0.25) is 0 Å². The lowest BCUT2D eigenvalue weighted by atomic mass is 9.72. The smallest absolute Gasteiger partial charge is 0.303 e. The molecule has 1 saturated heterocycles. The van der Waals surface area contributed by atoms with Gasteiger partial charge in [-0.2, -0.15) is 8.42 Å². The van der Waals surface area contributed by atoms with Crippen molar-refractivity contribution in [1.82, 2.24) is 0 Å². The summed E-state index contributed by atoms with van der Waals surface area (Å²) in [4.78, 5) is 11.7. The Morgan fingerprint density at radius 2 is 1.85 bits per heavy atom. The molecule has 1 aliphatic heterocycles. The molecule has 0 spiro atoms. The van der Waals surface area contributed by atoms with Crippen molar-refractivity contribution in [1.29, 1.82) is 0 Å². The lowest BCUT2D eigenvalue weighted by molar-refractivity contribution is -0.280. The van der Waals surface area contributed by atoms with E-state index in [1.54, 1.807) is 0 Å². The Morgan fingerprint density at radius 1 is 1.15 bits per heavy atom. The van der Waals surface area contributed by atoms with E-state index in [9.17, 15) is 13.2 Å². The molecule has 1 aromatic carbocycles. The van der Waals surface area contributed by atoms with Crippen LogP contribution in [0.1, 0.15) is 37.7 Å². The van der Waals surface area contributed by atoms with Crippen molar-refractivity contribution in [3.8, 4) is 0 Å². The number of carbonyl (C=O) groups excluding carboxylic acids is 1. The van der Waals surface area contributed by atoms with Crippen molar-refractivity contribution in [3.05, 3.63) is 35.9 Å². The number of hydrogen-bond acceptors (Lipinski definition) is 7. The molecule has 27 heavy (non-hydrogen) atoms. The summed E-state index contributed by atoms with van der Waals surface area (Å²) >= 11 is 0. The van der Waals surface area contributed by atoms with E-state index in [-0.39, 0.29) is 17.9 Å². The third-order valence-corrected chi connectivity index (χ3v) is 5.82. The van der Waals surface area contributed by atoms with Crippen molar-refractivity contribution in [2.75, 3.05) is 13.4 Å². The summed E-state index contributed by atoms with van der Waals surface area (Å²) in [5.41, 5.74) is 1.21. The predicted octanol–water partition coefficient (Wildman–Crippen LogP) is 2.22. The second-order valence-corrected chi connectivity index (χ2v) is 8.80. The van der Waals surface area contributed by atoms with Gasteiger partial charge in [-0.25, -0.2) is 0 Å². The highest BCUT2D eigenvalue weighted by atomic mass is 32.2. The van der Waals surface area contributed by atoms with Gasteiger partial charge in [0.2, 0.25) is 0 Å². The number of esters is 1. The molecule has 0 N–H and O–H groups in total. The van der Waals surface area contributed by atoms with Gasteiger partial charge in [0.25, 0.3) is 10.1 Å². The second-order valence-electron chi connectivity index (χ2n) is 7.20. The van der Waals surface area contributed by atoms with Gasteiger partial charge in [-0.05, 0) is 30.7 Å². The zero-order chi connectivity index (χ0) is 19.6. The average Bonchev–Trinajstić information content (AvgIpc) is 2.62. The first-order valence-electron chi connectivity index (χ1n) is 9.07. The molecule has 1 heterocycles. The molecule has 6 atom stereocenters. The van der Waals surface area contributed by atoms with Crippen LogP contribution in [-0.4, -0.2) is 52.4 Å². The van der Waals surface area contributed by atoms with E-state index in [4.69, 9.17) is 18.4 Å². The Balaban J connectivity index is 1.89. The summed E-state index contributed by atoms with van der Waals surface area (Å²) in [6.45, 7) is 1.31. The molecule has 0 aromatic heterocycles. The Labute approximate surface area is 160 Å². The summed E-state index contributed by atoms with van der Waals surface area (Å²) in [6.07, 6.45) is 0.491. The molecule has 1 saturated carbocycles. The molecule has 0 amide bonds. The molecule has 2 aliphatic rings. The Kier molecular flexibility index (Phi) is 6.20. The molecule has 8 heteroatoms. The number of carbonyl (C=O) groups is 1. The summed E-state index contributed by atoms with van der Waals surface area (Å²) in [5.74, 6) is -0.377. The van der Waals surface area contributed by atoms with Crippen molar-refractivity contribution in [2.24, 2.45) is 5.92 Å². The maximum Gasteiger partial charge on any atom is 0.303 e. The molecule has 7 nitrogen and oxygen atoms in total. The van der Waals surface area contributed by atoms with Crippen LogP contribution in [0.5, 0.6) is 0 Å². The Morgan fingerprint density at radius 3 is 2.44 bits per heavy atom. The van der Waals surface area contributed by atoms with E-state index in [0.29, 0.717) is 6.42 Å². The molecule has 0 bridgehead atoms. The van der Waals surface area contributed by atoms with Gasteiger partial charge in [0.1, 0.15) is 6.10 Å². The van der Waals surface area contributed by atoms with Gasteiger partial charge >= 0.3 is 5.97 Å². The highest BCUT2D eigenvalue weighted by Gasteiger charge is 2.52. The van der Waals surface area contributed by atoms with E-state index in [2.05, 4.69) is 12.1 Å². The van der Waals surface area contributed by atoms with Gasteiger partial charge in [0.15, 0.2) is 12.4 Å². The molecule has 0 unspecified atom stereocenters. The van der Waals surface area contributed by atoms with Crippen LogP contribution in [0.4, 0.5) is 0 Å². The normalized spacial score (nSPS) is 33.9. The zero-order valence-electron chi connectivity index (χ0n) is 15.7. The summed E-state index contributed by atoms with van der Waals surface area (Å²) in [6, 6.07) is 10.1. The number of rotatable bonds is 5. The number of benzene rings is 1. The lowest BCUT2D eigenvalue weighted by Crippen LogP contribution is -2.59. The first-order chi connectivity index (χ1) is 12.8. The first-order valence-corrected chi connectivity index (χ1v) is 10.9. The van der Waals surface area contributed by atoms with Gasteiger partial charge in [0, 0.05) is 20.0 Å². The SMILES string of the molecule is CO[C@@H]1O[C@@H]2CC[C@H](c3ccccc3)C[C@H]2[C@H](OC(C)=O)[C@H]1OS(C)(=O)=O. The summed E-state index contributed by atoms with van der Waals surface area (Å²) in [7, 11) is -2.37. The van der Waals surface area contributed by atoms with Gasteiger partial charge in [0.05, 0.1) is 12.4 Å². The fourth-order valence-corrected chi connectivity index (χ4v) is 4.81. The van der Waals surface area contributed by atoms with Crippen molar-refractivity contribution in [3.63, 3.8) is 0 Å². The van der Waals surface area contributed by atoms with Crippen LogP contribution in [0.25, 0.3) is 0 Å². The highest BCUT2D eigenvalue weighted by molar-refractivity contribution is 7.86. The van der Waals surface area contributed by atoms with Crippen LogP contribution < -0.4 is 0 Å². The summed E-state index contributed by atoms with van der Waals surface area (Å²) < 4.78 is 45.6. The minimum absolute atomic E-state index is 0.175. The van der Waals surface area contributed by atoms with Crippen LogP contribution >= 0.6 is 0 Å². The predicted molar refractivity (Wildman–Crippen MR) is 97.5 cm³/mol. The van der Waals surface area contributed by atoms with E-state index in [1.807, 2.05) is 18.2 Å². The third kappa shape index (κ3) is 4.87. The molecular formula is C19H26O7S. The third-order valence-electron chi connectivity index (χ3n) is 5.25. The fraction of sp³-hybridized carbons (Fsp3) is 0.632. The molecule has 150 valence electrons. The zero-order valence-corrected chi connectivity index (χ0v) is 16.6. The first kappa shape index (κ1) is 20.3. The van der Waals surface area contributed by atoms with E-state index in [0.717, 1.165) is 19.1 Å². The molecular weight excluding hydrogens is 372 g/mol. The van der Waals surface area contributed by atoms with Crippen molar-refractivity contribution < 1.29 is 31.6 Å². The van der Waals surface area contributed by atoms with Crippen LogP contribution in [0, 0.1) is 5.92 Å². The van der Waals surface area contributed by atoms with Gasteiger partial charge in [-0.1, -0.05) is 30.3 Å². The maximum atomic E-state index is 11.8. The van der Waals surface area contributed by atoms with Crippen LogP contribution in [0.15, 0.2) is 30.3 Å². The molecule has 0 radical (unpaired) electrons. The van der Waals surface area contributed by atoms with Crippen LogP contribution in [0.3, 0.4) is 0 Å². The minimum Gasteiger partial charge on any atom is -0.459 e. The number of fused-ring (bicyclic) bond motifs is 1. The lowest BCUT2D eigenvalue weighted by Gasteiger charge is -2.48. The van der Waals surface area contributed by atoms with E-state index < -0.39 is 34.6 Å². The highest BCUT2D eigenvalue weighted by Crippen LogP contribution is 2.44. The molecule has 3 rings (SSSR count). The monoisotopic (exact) mass is 398 g/mol. The van der Waals surface area contributed by atoms with Crippen molar-refractivity contribution >= 4 is 16.1 Å². The Bertz CT molecular complexity index is 749. The average molecular weight is 398 g/mol. The second kappa shape index (κ2) is 8.26. The van der Waals surface area contributed by atoms with E-state index in [1.165, 1.54) is 19.6 Å². The quantitative estimate of drug-likeness (QED) is 0.555. The molecule has 1 aromatic rings. The van der Waals surface area contributed by atoms with Gasteiger partial charge in [-0.15, -0.1) is 0 Å². The topological polar surface area (TPSA) is 88.1 Å². The number of ether oxygens (including phenoxy) is 3. The number of hydrogen-bond donors (Lipinski definition) is 0. The van der Waals surface area contributed by atoms with Crippen molar-refractivity contribution in [2.45, 2.75) is 56.7 Å². The van der Waals surface area contributed by atoms with E-state index >= 15 is 0 Å². The summed E-state index contributed by atoms with van der Waals surface area (Å²) in [5, 5.41) is 0. The van der Waals surface area contributed by atoms with Gasteiger partial charge in [-0.3, -0.25) is 8.98 Å². The standard InChI is InChI=1S/C19H26O7S/c1-12(20)24-17-15-11-14(13-7-5-4-6-8-13)9-10-16(15)25-19(23-2)18(17)26-27(3,21)22/h4-8,14-19H,9-11H2,1-3H3/t14-,15+,16+,17-,18+,19+/m0/s1. The Hall–Kier alpha value is -1.48. The maximum absolute atomic E-state index is 11.8.